The van der Waals surface area contributed by atoms with Gasteiger partial charge in [-0.05, 0) is 29.1 Å². The minimum atomic E-state index is -0.0341. The summed E-state index contributed by atoms with van der Waals surface area (Å²) in [5, 5.41) is 6.68. The summed E-state index contributed by atoms with van der Waals surface area (Å²) in [6.07, 6.45) is 4.67. The zero-order chi connectivity index (χ0) is 15.4. The summed E-state index contributed by atoms with van der Waals surface area (Å²) in [5.41, 5.74) is 2.88. The third-order valence-electron chi connectivity index (χ3n) is 3.48. The Balaban J connectivity index is 1.66. The first-order chi connectivity index (χ1) is 10.8. The second-order valence-electron chi connectivity index (χ2n) is 4.93. The number of aryl methyl sites for hydroxylation is 1. The minimum absolute atomic E-state index is 0.0341. The molecular formula is C17H17N3OS. The summed E-state index contributed by atoms with van der Waals surface area (Å²) >= 11 is 1.52. The topological polar surface area (TPSA) is 46.9 Å². The van der Waals surface area contributed by atoms with E-state index in [1.54, 1.807) is 0 Å². The maximum absolute atomic E-state index is 11.9. The standard InChI is InChI=1S/C17H17N3OS/c1-2-16-18-8-9-20(16)15-5-3-13(4-6-15)11-19-17(21)14-7-10-22-12-14/h3-10,12H,2,11H2,1H3,(H,19,21). The average molecular weight is 311 g/mol. The molecule has 4 nitrogen and oxygen atoms in total. The first-order valence-corrected chi connectivity index (χ1v) is 8.14. The molecule has 0 saturated carbocycles. The highest BCUT2D eigenvalue weighted by atomic mass is 32.1. The number of amides is 1. The van der Waals surface area contributed by atoms with Gasteiger partial charge in [0.2, 0.25) is 0 Å². The Labute approximate surface area is 133 Å². The van der Waals surface area contributed by atoms with Crippen molar-refractivity contribution in [1.29, 1.82) is 0 Å². The zero-order valence-electron chi connectivity index (χ0n) is 12.3. The van der Waals surface area contributed by atoms with Crippen LogP contribution in [-0.4, -0.2) is 15.5 Å². The van der Waals surface area contributed by atoms with Crippen LogP contribution >= 0.6 is 11.3 Å². The largest absolute Gasteiger partial charge is 0.348 e. The Morgan fingerprint density at radius 2 is 2.09 bits per heavy atom. The van der Waals surface area contributed by atoms with Crippen molar-refractivity contribution in [3.8, 4) is 5.69 Å². The molecule has 0 saturated heterocycles. The van der Waals surface area contributed by atoms with Gasteiger partial charge in [-0.15, -0.1) is 0 Å². The molecule has 3 rings (SSSR count). The van der Waals surface area contributed by atoms with Gasteiger partial charge in [0, 0.05) is 42.0 Å². The van der Waals surface area contributed by atoms with Crippen LogP contribution in [0.5, 0.6) is 0 Å². The number of nitrogens with zero attached hydrogens (tertiary/aromatic N) is 2. The quantitative estimate of drug-likeness (QED) is 0.785. The van der Waals surface area contributed by atoms with Gasteiger partial charge in [0.25, 0.3) is 5.91 Å². The van der Waals surface area contributed by atoms with E-state index in [-0.39, 0.29) is 5.91 Å². The molecule has 2 heterocycles. The van der Waals surface area contributed by atoms with E-state index in [0.717, 1.165) is 23.5 Å². The summed E-state index contributed by atoms with van der Waals surface area (Å²) in [4.78, 5) is 16.2. The van der Waals surface area contributed by atoms with Crippen LogP contribution in [0.15, 0.2) is 53.5 Å². The monoisotopic (exact) mass is 311 g/mol. The van der Waals surface area contributed by atoms with Crippen LogP contribution in [-0.2, 0) is 13.0 Å². The van der Waals surface area contributed by atoms with Gasteiger partial charge >= 0.3 is 0 Å². The number of nitrogens with one attached hydrogen (secondary N) is 1. The molecule has 112 valence electrons. The van der Waals surface area contributed by atoms with Crippen LogP contribution in [0, 0.1) is 0 Å². The molecule has 0 atom stereocenters. The molecule has 1 N–H and O–H groups in total. The third kappa shape index (κ3) is 3.09. The van der Waals surface area contributed by atoms with Gasteiger partial charge in [-0.25, -0.2) is 4.98 Å². The fourth-order valence-electron chi connectivity index (χ4n) is 2.28. The Morgan fingerprint density at radius 3 is 2.77 bits per heavy atom. The number of benzene rings is 1. The van der Waals surface area contributed by atoms with Crippen molar-refractivity contribution in [2.45, 2.75) is 19.9 Å². The normalized spacial score (nSPS) is 10.6. The van der Waals surface area contributed by atoms with Gasteiger partial charge < -0.3 is 9.88 Å². The lowest BCUT2D eigenvalue weighted by molar-refractivity contribution is 0.0951. The smallest absolute Gasteiger partial charge is 0.252 e. The first-order valence-electron chi connectivity index (χ1n) is 7.20. The van der Waals surface area contributed by atoms with Crippen LogP contribution in [0.3, 0.4) is 0 Å². The summed E-state index contributed by atoms with van der Waals surface area (Å²) in [5.74, 6) is 1.01. The van der Waals surface area contributed by atoms with Crippen molar-refractivity contribution in [3.63, 3.8) is 0 Å². The van der Waals surface area contributed by atoms with E-state index in [1.165, 1.54) is 11.3 Å². The highest BCUT2D eigenvalue weighted by Crippen LogP contribution is 2.13. The zero-order valence-corrected chi connectivity index (χ0v) is 13.1. The van der Waals surface area contributed by atoms with Crippen molar-refractivity contribution in [1.82, 2.24) is 14.9 Å². The summed E-state index contributed by atoms with van der Waals surface area (Å²) in [7, 11) is 0. The predicted octanol–water partition coefficient (Wildman–Crippen LogP) is 3.43. The van der Waals surface area contributed by atoms with Crippen molar-refractivity contribution >= 4 is 17.2 Å². The molecule has 2 aromatic heterocycles. The van der Waals surface area contributed by atoms with Crippen molar-refractivity contribution in [3.05, 3.63) is 70.4 Å². The Bertz CT molecular complexity index is 745. The molecular weight excluding hydrogens is 294 g/mol. The van der Waals surface area contributed by atoms with E-state index in [1.807, 2.05) is 53.5 Å². The number of hydrogen-bond donors (Lipinski definition) is 1. The van der Waals surface area contributed by atoms with Gasteiger partial charge in [0.1, 0.15) is 5.82 Å². The van der Waals surface area contributed by atoms with Crippen LogP contribution in [0.4, 0.5) is 0 Å². The highest BCUT2D eigenvalue weighted by Gasteiger charge is 2.06. The minimum Gasteiger partial charge on any atom is -0.348 e. The first kappa shape index (κ1) is 14.5. The fourth-order valence-corrected chi connectivity index (χ4v) is 2.92. The van der Waals surface area contributed by atoms with Crippen LogP contribution < -0.4 is 5.32 Å². The molecule has 1 aromatic carbocycles. The van der Waals surface area contributed by atoms with Crippen LogP contribution in [0.1, 0.15) is 28.7 Å². The Morgan fingerprint density at radius 1 is 1.27 bits per heavy atom. The molecule has 0 bridgehead atoms. The van der Waals surface area contributed by atoms with E-state index < -0.39 is 0 Å². The lowest BCUT2D eigenvalue weighted by atomic mass is 10.2. The summed E-state index contributed by atoms with van der Waals surface area (Å²) in [6.45, 7) is 2.62. The van der Waals surface area contributed by atoms with E-state index in [9.17, 15) is 4.79 Å². The lowest BCUT2D eigenvalue weighted by Gasteiger charge is -2.08. The van der Waals surface area contributed by atoms with Gasteiger partial charge in [-0.1, -0.05) is 19.1 Å². The van der Waals surface area contributed by atoms with E-state index in [4.69, 9.17) is 0 Å². The number of carbonyl (C=O) groups excluding carboxylic acids is 1. The maximum Gasteiger partial charge on any atom is 0.252 e. The fraction of sp³-hybridized carbons (Fsp3) is 0.176. The van der Waals surface area contributed by atoms with Gasteiger partial charge in [-0.2, -0.15) is 11.3 Å². The van der Waals surface area contributed by atoms with Crippen molar-refractivity contribution in [2.75, 3.05) is 0 Å². The Kier molecular flexibility index (Phi) is 4.34. The van der Waals surface area contributed by atoms with Gasteiger partial charge in [-0.3, -0.25) is 4.79 Å². The molecule has 22 heavy (non-hydrogen) atoms. The number of thiophene rings is 1. The van der Waals surface area contributed by atoms with E-state index in [0.29, 0.717) is 12.1 Å². The predicted molar refractivity (Wildman–Crippen MR) is 88.4 cm³/mol. The van der Waals surface area contributed by atoms with Crippen molar-refractivity contribution < 1.29 is 4.79 Å². The lowest BCUT2D eigenvalue weighted by Crippen LogP contribution is -2.22. The van der Waals surface area contributed by atoms with Crippen LogP contribution in [0.25, 0.3) is 5.69 Å². The molecule has 0 aliphatic rings. The average Bonchev–Trinajstić information content (AvgIpc) is 3.24. The molecule has 1 amide bonds. The molecule has 0 spiro atoms. The number of imidazole rings is 1. The molecule has 0 fully saturated rings. The van der Waals surface area contributed by atoms with Gasteiger partial charge in [0.15, 0.2) is 0 Å². The number of rotatable bonds is 5. The molecule has 0 radical (unpaired) electrons. The van der Waals surface area contributed by atoms with E-state index >= 15 is 0 Å². The highest BCUT2D eigenvalue weighted by molar-refractivity contribution is 7.08. The Hall–Kier alpha value is -2.40. The number of aromatic nitrogens is 2. The third-order valence-corrected chi connectivity index (χ3v) is 4.17. The second-order valence-corrected chi connectivity index (χ2v) is 5.71. The summed E-state index contributed by atoms with van der Waals surface area (Å²) < 4.78 is 2.08. The molecule has 5 heteroatoms. The van der Waals surface area contributed by atoms with Gasteiger partial charge in [0.05, 0.1) is 0 Å². The molecule has 0 aliphatic heterocycles. The molecule has 0 aliphatic carbocycles. The van der Waals surface area contributed by atoms with Crippen molar-refractivity contribution in [2.24, 2.45) is 0 Å². The number of carbonyl (C=O) groups is 1. The SMILES string of the molecule is CCc1nccn1-c1ccc(CNC(=O)c2ccsc2)cc1. The number of hydrogen-bond acceptors (Lipinski definition) is 3. The molecule has 3 aromatic rings. The molecule has 0 unspecified atom stereocenters. The second kappa shape index (κ2) is 6.58. The summed E-state index contributed by atoms with van der Waals surface area (Å²) in [6, 6.07) is 9.99. The van der Waals surface area contributed by atoms with Crippen LogP contribution in [0.2, 0.25) is 0 Å². The van der Waals surface area contributed by atoms with E-state index in [2.05, 4.69) is 21.8 Å². The maximum atomic E-state index is 11.9.